The minimum absolute atomic E-state index is 0.0556. The smallest absolute Gasteiger partial charge is 0.236 e. The van der Waals surface area contributed by atoms with Gasteiger partial charge >= 0.3 is 0 Å². The third-order valence-corrected chi connectivity index (χ3v) is 6.73. The zero-order chi connectivity index (χ0) is 24.9. The number of nitriles is 1. The molecule has 1 saturated heterocycles. The van der Waals surface area contributed by atoms with E-state index in [4.69, 9.17) is 32.4 Å². The molecule has 2 heterocycles. The molecule has 0 radical (unpaired) electrons. The SMILES string of the molecule is N#Cc1nc(COc2ccc(Cl)cc2Cl)oc1N1CCN(C(c2ccccc2)c2ccccc2)CC1. The molecular weight excluding hydrogens is 495 g/mol. The molecule has 8 heteroatoms. The molecule has 1 aromatic heterocycles. The van der Waals surface area contributed by atoms with Crippen LogP contribution in [0.4, 0.5) is 5.88 Å². The van der Waals surface area contributed by atoms with Crippen LogP contribution in [0.1, 0.15) is 28.8 Å². The highest BCUT2D eigenvalue weighted by Gasteiger charge is 2.29. The number of oxazole rings is 1. The number of halogens is 2. The van der Waals surface area contributed by atoms with Crippen molar-refractivity contribution in [1.29, 1.82) is 5.26 Å². The van der Waals surface area contributed by atoms with Crippen LogP contribution in [0.5, 0.6) is 5.75 Å². The molecule has 0 aliphatic carbocycles. The van der Waals surface area contributed by atoms with E-state index in [1.165, 1.54) is 11.1 Å². The van der Waals surface area contributed by atoms with Crippen LogP contribution in [0.3, 0.4) is 0 Å². The number of nitrogens with zero attached hydrogens (tertiary/aromatic N) is 4. The summed E-state index contributed by atoms with van der Waals surface area (Å²) in [5.74, 6) is 1.27. The van der Waals surface area contributed by atoms with Crippen LogP contribution in [0.2, 0.25) is 10.0 Å². The zero-order valence-electron chi connectivity index (χ0n) is 19.5. The van der Waals surface area contributed by atoms with Gasteiger partial charge in [0.25, 0.3) is 0 Å². The van der Waals surface area contributed by atoms with Gasteiger partial charge in [-0.15, -0.1) is 0 Å². The molecule has 1 fully saturated rings. The molecular formula is C28H24Cl2N4O2. The summed E-state index contributed by atoms with van der Waals surface area (Å²) < 4.78 is 11.7. The van der Waals surface area contributed by atoms with Gasteiger partial charge in [0.15, 0.2) is 6.61 Å². The molecule has 0 saturated carbocycles. The lowest BCUT2D eigenvalue weighted by molar-refractivity contribution is 0.208. The first-order chi connectivity index (χ1) is 17.6. The Balaban J connectivity index is 1.29. The number of ether oxygens (including phenoxy) is 1. The van der Waals surface area contributed by atoms with Gasteiger partial charge in [0, 0.05) is 31.2 Å². The average molecular weight is 519 g/mol. The summed E-state index contributed by atoms with van der Waals surface area (Å²) in [6.45, 7) is 3.10. The van der Waals surface area contributed by atoms with E-state index in [2.05, 4.69) is 69.4 Å². The fraction of sp³-hybridized carbons (Fsp3) is 0.214. The highest BCUT2D eigenvalue weighted by atomic mass is 35.5. The number of hydrogen-bond donors (Lipinski definition) is 0. The lowest BCUT2D eigenvalue weighted by Crippen LogP contribution is -2.48. The topological polar surface area (TPSA) is 65.5 Å². The third-order valence-electron chi connectivity index (χ3n) is 6.20. The van der Waals surface area contributed by atoms with Crippen LogP contribution in [0.25, 0.3) is 0 Å². The monoisotopic (exact) mass is 518 g/mol. The van der Waals surface area contributed by atoms with Crippen LogP contribution in [-0.4, -0.2) is 36.1 Å². The maximum atomic E-state index is 9.67. The molecule has 5 rings (SSSR count). The fourth-order valence-electron chi connectivity index (χ4n) is 4.50. The lowest BCUT2D eigenvalue weighted by atomic mass is 9.96. The molecule has 4 aromatic rings. The maximum absolute atomic E-state index is 9.67. The first-order valence-corrected chi connectivity index (χ1v) is 12.4. The number of hydrogen-bond acceptors (Lipinski definition) is 6. The Bertz CT molecular complexity index is 1310. The minimum Gasteiger partial charge on any atom is -0.482 e. The maximum Gasteiger partial charge on any atom is 0.236 e. The Kier molecular flexibility index (Phi) is 7.43. The molecule has 0 amide bonds. The van der Waals surface area contributed by atoms with Crippen molar-refractivity contribution in [1.82, 2.24) is 9.88 Å². The molecule has 0 unspecified atom stereocenters. The second-order valence-electron chi connectivity index (χ2n) is 8.48. The molecule has 1 aliphatic rings. The van der Waals surface area contributed by atoms with Gasteiger partial charge in [-0.05, 0) is 29.3 Å². The van der Waals surface area contributed by atoms with Crippen molar-refractivity contribution in [2.45, 2.75) is 12.6 Å². The van der Waals surface area contributed by atoms with Gasteiger partial charge in [-0.2, -0.15) is 10.2 Å². The van der Waals surface area contributed by atoms with Crippen molar-refractivity contribution >= 4 is 29.1 Å². The molecule has 0 atom stereocenters. The van der Waals surface area contributed by atoms with Gasteiger partial charge in [0.1, 0.15) is 11.8 Å². The Labute approximate surface area is 220 Å². The Morgan fingerprint density at radius 2 is 1.56 bits per heavy atom. The van der Waals surface area contributed by atoms with Crippen molar-refractivity contribution in [2.24, 2.45) is 0 Å². The largest absolute Gasteiger partial charge is 0.482 e. The minimum atomic E-state index is 0.0556. The Hall–Kier alpha value is -3.50. The van der Waals surface area contributed by atoms with Crippen LogP contribution in [0, 0.1) is 11.3 Å². The van der Waals surface area contributed by atoms with E-state index in [-0.39, 0.29) is 18.3 Å². The predicted molar refractivity (Wildman–Crippen MR) is 141 cm³/mol. The molecule has 36 heavy (non-hydrogen) atoms. The standard InChI is InChI=1S/C28H24Cl2N4O2/c29-22-11-12-25(23(30)17-22)35-19-26-32-24(18-31)28(36-26)34-15-13-33(14-16-34)27(20-7-3-1-4-8-20)21-9-5-2-6-10-21/h1-12,17,27H,13-16,19H2. The van der Waals surface area contributed by atoms with E-state index >= 15 is 0 Å². The molecule has 0 spiro atoms. The Morgan fingerprint density at radius 3 is 2.14 bits per heavy atom. The summed E-state index contributed by atoms with van der Waals surface area (Å²) in [4.78, 5) is 8.88. The summed E-state index contributed by atoms with van der Waals surface area (Å²) in [6.07, 6.45) is 0. The molecule has 0 bridgehead atoms. The van der Waals surface area contributed by atoms with E-state index in [0.717, 1.165) is 13.1 Å². The van der Waals surface area contributed by atoms with E-state index in [9.17, 15) is 5.26 Å². The van der Waals surface area contributed by atoms with Crippen LogP contribution < -0.4 is 9.64 Å². The van der Waals surface area contributed by atoms with Crippen molar-refractivity contribution in [3.8, 4) is 11.8 Å². The van der Waals surface area contributed by atoms with Crippen LogP contribution in [0.15, 0.2) is 83.3 Å². The summed E-state index contributed by atoms with van der Waals surface area (Å²) in [5.41, 5.74) is 2.77. The van der Waals surface area contributed by atoms with E-state index in [0.29, 0.717) is 40.7 Å². The number of rotatable bonds is 7. The number of piperazine rings is 1. The van der Waals surface area contributed by atoms with Crippen LogP contribution in [-0.2, 0) is 6.61 Å². The number of aromatic nitrogens is 1. The number of benzene rings is 3. The third kappa shape index (κ3) is 5.34. The normalized spacial score (nSPS) is 14.1. The summed E-state index contributed by atoms with van der Waals surface area (Å²) in [7, 11) is 0. The van der Waals surface area contributed by atoms with E-state index in [1.807, 2.05) is 12.1 Å². The molecule has 182 valence electrons. The predicted octanol–water partition coefficient (Wildman–Crippen LogP) is 6.34. The zero-order valence-corrected chi connectivity index (χ0v) is 21.0. The summed E-state index contributed by atoms with van der Waals surface area (Å²) >= 11 is 12.1. The summed E-state index contributed by atoms with van der Waals surface area (Å²) in [6, 6.07) is 28.4. The highest BCUT2D eigenvalue weighted by molar-refractivity contribution is 6.35. The Morgan fingerprint density at radius 1 is 0.917 bits per heavy atom. The first kappa shape index (κ1) is 24.2. The fourth-order valence-corrected chi connectivity index (χ4v) is 4.97. The van der Waals surface area contributed by atoms with E-state index < -0.39 is 0 Å². The average Bonchev–Trinajstić information content (AvgIpc) is 3.33. The van der Waals surface area contributed by atoms with Crippen molar-refractivity contribution < 1.29 is 9.15 Å². The van der Waals surface area contributed by atoms with Crippen molar-refractivity contribution in [3.63, 3.8) is 0 Å². The summed E-state index contributed by atoms with van der Waals surface area (Å²) in [5, 5.41) is 10.6. The van der Waals surface area contributed by atoms with Crippen molar-refractivity contribution in [2.75, 3.05) is 31.1 Å². The lowest BCUT2D eigenvalue weighted by Gasteiger charge is -2.39. The van der Waals surface area contributed by atoms with Gasteiger partial charge in [-0.3, -0.25) is 4.90 Å². The second-order valence-corrected chi connectivity index (χ2v) is 9.33. The number of anilines is 1. The molecule has 0 N–H and O–H groups in total. The van der Waals surface area contributed by atoms with Gasteiger partial charge in [-0.1, -0.05) is 83.9 Å². The van der Waals surface area contributed by atoms with Gasteiger partial charge in [0.05, 0.1) is 11.1 Å². The quantitative estimate of drug-likeness (QED) is 0.284. The van der Waals surface area contributed by atoms with Gasteiger partial charge in [-0.25, -0.2) is 0 Å². The van der Waals surface area contributed by atoms with Gasteiger partial charge in [0.2, 0.25) is 17.5 Å². The van der Waals surface area contributed by atoms with E-state index in [1.54, 1.807) is 18.2 Å². The van der Waals surface area contributed by atoms with Gasteiger partial charge < -0.3 is 14.1 Å². The second kappa shape index (κ2) is 11.0. The molecule has 3 aromatic carbocycles. The first-order valence-electron chi connectivity index (χ1n) is 11.7. The van der Waals surface area contributed by atoms with Crippen molar-refractivity contribution in [3.05, 3.63) is 112 Å². The van der Waals surface area contributed by atoms with Crippen LogP contribution >= 0.6 is 23.2 Å². The highest BCUT2D eigenvalue weighted by Crippen LogP contribution is 2.32. The molecule has 6 nitrogen and oxygen atoms in total. The molecule has 1 aliphatic heterocycles.